The Hall–Kier alpha value is -3.70. The second kappa shape index (κ2) is 10.1. The van der Waals surface area contributed by atoms with Crippen LogP contribution in [0, 0.1) is 0 Å². The van der Waals surface area contributed by atoms with Crippen molar-refractivity contribution in [2.75, 3.05) is 20.8 Å². The molecule has 34 heavy (non-hydrogen) atoms. The van der Waals surface area contributed by atoms with Crippen LogP contribution in [-0.2, 0) is 13.1 Å². The molecule has 4 aromatic rings. The van der Waals surface area contributed by atoms with Crippen molar-refractivity contribution in [1.82, 2.24) is 9.47 Å². The summed E-state index contributed by atoms with van der Waals surface area (Å²) in [4.78, 5) is 2.53. The molecular weight excluding hydrogens is 424 g/mol. The summed E-state index contributed by atoms with van der Waals surface area (Å²) in [5.74, 6) is 3.32. The molecule has 0 amide bonds. The molecule has 5 nitrogen and oxygen atoms in total. The monoisotopic (exact) mass is 454 g/mol. The molecule has 1 aliphatic rings. The van der Waals surface area contributed by atoms with Crippen molar-refractivity contribution in [1.29, 1.82) is 0 Å². The highest BCUT2D eigenvalue weighted by molar-refractivity contribution is 5.42. The first kappa shape index (κ1) is 22.1. The van der Waals surface area contributed by atoms with Gasteiger partial charge in [-0.25, -0.2) is 0 Å². The van der Waals surface area contributed by atoms with E-state index in [1.165, 1.54) is 11.3 Å². The third-order valence-electron chi connectivity index (χ3n) is 6.37. The highest BCUT2D eigenvalue weighted by Crippen LogP contribution is 2.36. The quantitative estimate of drug-likeness (QED) is 0.329. The minimum Gasteiger partial charge on any atom is -0.497 e. The van der Waals surface area contributed by atoms with Gasteiger partial charge in [0.25, 0.3) is 0 Å². The van der Waals surface area contributed by atoms with Gasteiger partial charge in [-0.1, -0.05) is 36.4 Å². The molecule has 3 aromatic carbocycles. The van der Waals surface area contributed by atoms with E-state index in [-0.39, 0.29) is 6.04 Å². The number of aromatic nitrogens is 1. The van der Waals surface area contributed by atoms with Gasteiger partial charge in [0, 0.05) is 43.2 Å². The molecule has 0 bridgehead atoms. The van der Waals surface area contributed by atoms with Gasteiger partial charge >= 0.3 is 0 Å². The normalized spacial score (nSPS) is 15.9. The number of nitrogens with zero attached hydrogens (tertiary/aromatic N) is 2. The van der Waals surface area contributed by atoms with E-state index in [1.54, 1.807) is 14.2 Å². The standard InChI is InChI=1S/C29H30N2O3/c1-32-25-15-14-23(28(20-25)33-2)21-31-18-8-17-30-16-7-13-27(30)29(31)22-9-6-12-26(19-22)34-24-10-4-3-5-11-24/h3-7,9-16,19-20,29H,8,17-18,21H2,1-2H3. The first-order chi connectivity index (χ1) is 16.7. The predicted octanol–water partition coefficient (Wildman–Crippen LogP) is 6.29. The summed E-state index contributed by atoms with van der Waals surface area (Å²) in [5, 5.41) is 0. The van der Waals surface area contributed by atoms with Crippen LogP contribution in [0.25, 0.3) is 0 Å². The molecule has 1 atom stereocenters. The van der Waals surface area contributed by atoms with Gasteiger partial charge in [0.1, 0.15) is 23.0 Å². The molecule has 0 saturated heterocycles. The molecule has 5 rings (SSSR count). The Kier molecular flexibility index (Phi) is 6.54. The van der Waals surface area contributed by atoms with E-state index in [2.05, 4.69) is 52.1 Å². The zero-order valence-corrected chi connectivity index (χ0v) is 19.7. The topological polar surface area (TPSA) is 35.9 Å². The van der Waals surface area contributed by atoms with E-state index < -0.39 is 0 Å². The molecule has 0 N–H and O–H groups in total. The van der Waals surface area contributed by atoms with Crippen LogP contribution >= 0.6 is 0 Å². The van der Waals surface area contributed by atoms with Crippen molar-refractivity contribution in [3.63, 3.8) is 0 Å². The van der Waals surface area contributed by atoms with Gasteiger partial charge in [-0.05, 0) is 54.4 Å². The maximum atomic E-state index is 6.17. The summed E-state index contributed by atoms with van der Waals surface area (Å²) >= 11 is 0. The second-order valence-electron chi connectivity index (χ2n) is 8.52. The third kappa shape index (κ3) is 4.66. The Balaban J connectivity index is 1.51. The summed E-state index contributed by atoms with van der Waals surface area (Å²) in [6.45, 7) is 2.76. The predicted molar refractivity (Wildman–Crippen MR) is 134 cm³/mol. The lowest BCUT2D eigenvalue weighted by molar-refractivity contribution is 0.217. The number of para-hydroxylation sites is 1. The van der Waals surface area contributed by atoms with Crippen LogP contribution in [0.2, 0.25) is 0 Å². The van der Waals surface area contributed by atoms with Crippen molar-refractivity contribution in [3.8, 4) is 23.0 Å². The highest BCUT2D eigenvalue weighted by atomic mass is 16.5. The van der Waals surface area contributed by atoms with E-state index in [0.29, 0.717) is 0 Å². The van der Waals surface area contributed by atoms with Crippen LogP contribution in [-0.4, -0.2) is 30.2 Å². The number of rotatable bonds is 7. The van der Waals surface area contributed by atoms with E-state index in [0.717, 1.165) is 54.6 Å². The smallest absolute Gasteiger partial charge is 0.127 e. The zero-order valence-electron chi connectivity index (χ0n) is 19.7. The summed E-state index contributed by atoms with van der Waals surface area (Å²) < 4.78 is 19.7. The molecule has 1 aromatic heterocycles. The molecule has 1 unspecified atom stereocenters. The fraction of sp³-hybridized carbons (Fsp3) is 0.241. The van der Waals surface area contributed by atoms with Crippen LogP contribution in [0.3, 0.4) is 0 Å². The largest absolute Gasteiger partial charge is 0.497 e. The van der Waals surface area contributed by atoms with Gasteiger partial charge in [0.15, 0.2) is 0 Å². The van der Waals surface area contributed by atoms with Gasteiger partial charge in [-0.15, -0.1) is 0 Å². The summed E-state index contributed by atoms with van der Waals surface area (Å²) in [6, 6.07) is 28.9. The van der Waals surface area contributed by atoms with Crippen LogP contribution in [0.1, 0.15) is 29.3 Å². The van der Waals surface area contributed by atoms with E-state index in [1.807, 2.05) is 48.5 Å². The maximum absolute atomic E-state index is 6.17. The van der Waals surface area contributed by atoms with Gasteiger partial charge in [-0.2, -0.15) is 0 Å². The molecule has 0 fully saturated rings. The molecule has 0 aliphatic carbocycles. The molecular formula is C29H30N2O3. The number of aryl methyl sites for hydroxylation is 1. The lowest BCUT2D eigenvalue weighted by Crippen LogP contribution is -2.29. The Labute approximate surface area is 201 Å². The minimum absolute atomic E-state index is 0.101. The fourth-order valence-corrected chi connectivity index (χ4v) is 4.77. The van der Waals surface area contributed by atoms with E-state index in [4.69, 9.17) is 14.2 Å². The number of fused-ring (bicyclic) bond motifs is 1. The van der Waals surface area contributed by atoms with Crippen LogP contribution in [0.4, 0.5) is 0 Å². The molecule has 5 heteroatoms. The molecule has 0 spiro atoms. The van der Waals surface area contributed by atoms with Crippen molar-refractivity contribution in [2.24, 2.45) is 0 Å². The SMILES string of the molecule is COc1ccc(CN2CCCn3cccc3C2c2cccc(Oc3ccccc3)c2)c(OC)c1. The number of ether oxygens (including phenoxy) is 3. The molecule has 0 radical (unpaired) electrons. The number of hydrogen-bond donors (Lipinski definition) is 0. The fourth-order valence-electron chi connectivity index (χ4n) is 4.77. The van der Waals surface area contributed by atoms with Crippen LogP contribution in [0.5, 0.6) is 23.0 Å². The molecule has 2 heterocycles. The van der Waals surface area contributed by atoms with E-state index >= 15 is 0 Å². The van der Waals surface area contributed by atoms with Gasteiger partial charge in [-0.3, -0.25) is 4.90 Å². The van der Waals surface area contributed by atoms with Gasteiger partial charge in [0.2, 0.25) is 0 Å². The third-order valence-corrected chi connectivity index (χ3v) is 6.37. The van der Waals surface area contributed by atoms with Crippen molar-refractivity contribution in [2.45, 2.75) is 25.6 Å². The van der Waals surface area contributed by atoms with Crippen molar-refractivity contribution < 1.29 is 14.2 Å². The average Bonchev–Trinajstić information content (AvgIpc) is 3.26. The average molecular weight is 455 g/mol. The summed E-state index contributed by atoms with van der Waals surface area (Å²) in [7, 11) is 3.39. The van der Waals surface area contributed by atoms with Crippen LogP contribution in [0.15, 0.2) is 91.1 Å². The number of methoxy groups -OCH3 is 2. The Morgan fingerprint density at radius 2 is 1.62 bits per heavy atom. The molecule has 0 saturated carbocycles. The minimum atomic E-state index is 0.101. The number of hydrogen-bond acceptors (Lipinski definition) is 4. The Morgan fingerprint density at radius 1 is 0.765 bits per heavy atom. The number of benzene rings is 3. The Bertz CT molecular complexity index is 1240. The summed E-state index contributed by atoms with van der Waals surface area (Å²) in [5.41, 5.74) is 3.65. The highest BCUT2D eigenvalue weighted by Gasteiger charge is 2.28. The van der Waals surface area contributed by atoms with Crippen molar-refractivity contribution in [3.05, 3.63) is 108 Å². The molecule has 1 aliphatic heterocycles. The lowest BCUT2D eigenvalue weighted by Gasteiger charge is -2.31. The second-order valence-corrected chi connectivity index (χ2v) is 8.52. The van der Waals surface area contributed by atoms with Crippen molar-refractivity contribution >= 4 is 0 Å². The maximum Gasteiger partial charge on any atom is 0.127 e. The summed E-state index contributed by atoms with van der Waals surface area (Å²) in [6.07, 6.45) is 3.26. The molecule has 174 valence electrons. The van der Waals surface area contributed by atoms with Gasteiger partial charge in [0.05, 0.1) is 20.3 Å². The van der Waals surface area contributed by atoms with Gasteiger partial charge < -0.3 is 18.8 Å². The van der Waals surface area contributed by atoms with E-state index in [9.17, 15) is 0 Å². The first-order valence-corrected chi connectivity index (χ1v) is 11.7. The zero-order chi connectivity index (χ0) is 23.3. The lowest BCUT2D eigenvalue weighted by atomic mass is 10.0. The van der Waals surface area contributed by atoms with Crippen LogP contribution < -0.4 is 14.2 Å². The Morgan fingerprint density at radius 3 is 2.44 bits per heavy atom. The first-order valence-electron chi connectivity index (χ1n) is 11.7.